The Balaban J connectivity index is 1.67. The van der Waals surface area contributed by atoms with Gasteiger partial charge >= 0.3 is 0 Å². The van der Waals surface area contributed by atoms with Crippen LogP contribution in [0.2, 0.25) is 10.0 Å². The van der Waals surface area contributed by atoms with Crippen molar-refractivity contribution < 1.29 is 4.79 Å². The number of anilines is 1. The standard InChI is InChI=1S/C34H33Cl2N3OS/c1-19-6-8-26(9-7-19)41-18-22-11-27(21(3)10-20(22)2)31-28(17-37)33(38)39(25-13-23(35)12-24(36)14-25)29-15-34(4,5)16-30(40)32(29)31/h6-14,31H,15-16,18,38H2,1-5H3. The molecule has 5 rings (SSSR count). The smallest absolute Gasteiger partial charge is 0.162 e. The van der Waals surface area contributed by atoms with Gasteiger partial charge in [0.1, 0.15) is 5.82 Å². The number of rotatable bonds is 5. The van der Waals surface area contributed by atoms with E-state index in [1.54, 1.807) is 30.0 Å². The van der Waals surface area contributed by atoms with E-state index >= 15 is 0 Å². The monoisotopic (exact) mass is 601 g/mol. The van der Waals surface area contributed by atoms with Crippen molar-refractivity contribution in [3.8, 4) is 6.07 Å². The Morgan fingerprint density at radius 1 is 1.00 bits per heavy atom. The summed E-state index contributed by atoms with van der Waals surface area (Å²) in [5.74, 6) is 0.565. The molecule has 210 valence electrons. The number of carbonyl (C=O) groups excluding carboxylic acids is 1. The number of hydrogen-bond donors (Lipinski definition) is 1. The van der Waals surface area contributed by atoms with Gasteiger partial charge in [0.15, 0.2) is 5.78 Å². The normalized spacial score (nSPS) is 18.4. The Morgan fingerprint density at radius 2 is 1.66 bits per heavy atom. The maximum absolute atomic E-state index is 14.0. The molecular formula is C34H33Cl2N3OS. The van der Waals surface area contributed by atoms with E-state index in [-0.39, 0.29) is 11.2 Å². The van der Waals surface area contributed by atoms with Crippen molar-refractivity contribution in [1.29, 1.82) is 5.26 Å². The largest absolute Gasteiger partial charge is 0.384 e. The van der Waals surface area contributed by atoms with E-state index < -0.39 is 5.92 Å². The van der Waals surface area contributed by atoms with Crippen LogP contribution < -0.4 is 10.6 Å². The summed E-state index contributed by atoms with van der Waals surface area (Å²) in [7, 11) is 0. The summed E-state index contributed by atoms with van der Waals surface area (Å²) in [6, 6.07) is 20.4. The van der Waals surface area contributed by atoms with E-state index in [1.807, 2.05) is 11.8 Å². The highest BCUT2D eigenvalue weighted by Gasteiger charge is 2.45. The minimum absolute atomic E-state index is 0.0372. The van der Waals surface area contributed by atoms with E-state index in [0.717, 1.165) is 22.6 Å². The molecule has 7 heteroatoms. The van der Waals surface area contributed by atoms with Crippen molar-refractivity contribution in [3.63, 3.8) is 0 Å². The number of thioether (sulfide) groups is 1. The third-order valence-electron chi connectivity index (χ3n) is 7.94. The molecule has 3 aromatic carbocycles. The lowest BCUT2D eigenvalue weighted by molar-refractivity contribution is -0.118. The second-order valence-corrected chi connectivity index (χ2v) is 13.8. The fraction of sp³-hybridized carbons (Fsp3) is 0.294. The first-order chi connectivity index (χ1) is 19.4. The average Bonchev–Trinajstić information content (AvgIpc) is 2.87. The number of halogens is 2. The van der Waals surface area contributed by atoms with Crippen molar-refractivity contribution in [3.05, 3.63) is 115 Å². The van der Waals surface area contributed by atoms with Gasteiger partial charge in [0.25, 0.3) is 0 Å². The first-order valence-corrected chi connectivity index (χ1v) is 15.3. The first kappa shape index (κ1) is 29.3. The van der Waals surface area contributed by atoms with Gasteiger partial charge in [-0.05, 0) is 85.2 Å². The number of hydrogen-bond acceptors (Lipinski definition) is 5. The number of carbonyl (C=O) groups is 1. The van der Waals surface area contributed by atoms with Gasteiger partial charge in [-0.25, -0.2) is 0 Å². The number of aryl methyl sites for hydroxylation is 3. The Bertz CT molecular complexity index is 1640. The molecule has 0 saturated carbocycles. The van der Waals surface area contributed by atoms with Crippen molar-refractivity contribution in [1.82, 2.24) is 0 Å². The summed E-state index contributed by atoms with van der Waals surface area (Å²) in [4.78, 5) is 17.0. The molecule has 0 amide bonds. The molecule has 2 aliphatic rings. The summed E-state index contributed by atoms with van der Waals surface area (Å²) in [5, 5.41) is 11.4. The van der Waals surface area contributed by atoms with E-state index in [9.17, 15) is 10.1 Å². The second-order valence-electron chi connectivity index (χ2n) is 11.8. The van der Waals surface area contributed by atoms with Crippen LogP contribution in [0.1, 0.15) is 60.4 Å². The van der Waals surface area contributed by atoms with Gasteiger partial charge in [0.05, 0.1) is 23.2 Å². The van der Waals surface area contributed by atoms with Crippen LogP contribution in [0.15, 0.2) is 82.2 Å². The number of nitriles is 1. The Hall–Kier alpha value is -3.17. The molecular weight excluding hydrogens is 569 g/mol. The van der Waals surface area contributed by atoms with Crippen molar-refractivity contribution in [2.24, 2.45) is 11.1 Å². The minimum atomic E-state index is -0.548. The Labute approximate surface area is 256 Å². The van der Waals surface area contributed by atoms with Gasteiger partial charge in [-0.3, -0.25) is 9.69 Å². The molecule has 1 atom stereocenters. The van der Waals surface area contributed by atoms with Crippen LogP contribution in [-0.2, 0) is 10.5 Å². The molecule has 3 aromatic rings. The average molecular weight is 603 g/mol. The highest BCUT2D eigenvalue weighted by Crippen LogP contribution is 2.51. The lowest BCUT2D eigenvalue weighted by atomic mass is 9.68. The Kier molecular flexibility index (Phi) is 8.05. The molecule has 1 heterocycles. The molecule has 0 fully saturated rings. The van der Waals surface area contributed by atoms with Crippen molar-refractivity contribution >= 4 is 46.4 Å². The summed E-state index contributed by atoms with van der Waals surface area (Å²) < 4.78 is 0. The number of nitrogens with zero attached hydrogens (tertiary/aromatic N) is 2. The van der Waals surface area contributed by atoms with Crippen molar-refractivity contribution in [2.75, 3.05) is 4.90 Å². The summed E-state index contributed by atoms with van der Waals surface area (Å²) in [6.07, 6.45) is 1.02. The zero-order chi connectivity index (χ0) is 29.6. The number of nitrogens with two attached hydrogens (primary N) is 1. The van der Waals surface area contributed by atoms with Gasteiger partial charge in [0.2, 0.25) is 0 Å². The lowest BCUT2D eigenvalue weighted by Gasteiger charge is -2.44. The highest BCUT2D eigenvalue weighted by molar-refractivity contribution is 7.98. The van der Waals surface area contributed by atoms with Crippen LogP contribution in [0.5, 0.6) is 0 Å². The molecule has 41 heavy (non-hydrogen) atoms. The number of allylic oxidation sites excluding steroid dienone is 3. The molecule has 1 unspecified atom stereocenters. The van der Waals surface area contributed by atoms with Gasteiger partial charge in [0, 0.05) is 38.4 Å². The van der Waals surface area contributed by atoms with Gasteiger partial charge < -0.3 is 5.73 Å². The van der Waals surface area contributed by atoms with Gasteiger partial charge in [-0.1, -0.05) is 66.9 Å². The third kappa shape index (κ3) is 5.79. The molecule has 0 bridgehead atoms. The lowest BCUT2D eigenvalue weighted by Crippen LogP contribution is -2.42. The van der Waals surface area contributed by atoms with Crippen LogP contribution in [-0.4, -0.2) is 5.78 Å². The molecule has 1 aliphatic heterocycles. The molecule has 0 saturated heterocycles. The van der Waals surface area contributed by atoms with Crippen molar-refractivity contribution in [2.45, 2.75) is 64.0 Å². The fourth-order valence-corrected chi connectivity index (χ4v) is 7.44. The SMILES string of the molecule is Cc1ccc(SCc2cc(C3C(C#N)=C(N)N(c4cc(Cl)cc(Cl)c4)C4=C3C(=O)CC(C)(C)C4)c(C)cc2C)cc1. The highest BCUT2D eigenvalue weighted by atomic mass is 35.5. The van der Waals surface area contributed by atoms with E-state index in [2.05, 4.69) is 70.2 Å². The van der Waals surface area contributed by atoms with E-state index in [1.165, 1.54) is 21.6 Å². The topological polar surface area (TPSA) is 70.1 Å². The summed E-state index contributed by atoms with van der Waals surface area (Å²) in [5.41, 5.74) is 14.6. The van der Waals surface area contributed by atoms with Crippen LogP contribution in [0.25, 0.3) is 0 Å². The maximum Gasteiger partial charge on any atom is 0.162 e. The first-order valence-electron chi connectivity index (χ1n) is 13.6. The molecule has 2 N–H and O–H groups in total. The van der Waals surface area contributed by atoms with Crippen LogP contribution >= 0.6 is 35.0 Å². The number of benzene rings is 3. The predicted octanol–water partition coefficient (Wildman–Crippen LogP) is 9.15. The fourth-order valence-electron chi connectivity index (χ4n) is 5.96. The zero-order valence-electron chi connectivity index (χ0n) is 23.9. The minimum Gasteiger partial charge on any atom is -0.384 e. The maximum atomic E-state index is 14.0. The summed E-state index contributed by atoms with van der Waals surface area (Å²) >= 11 is 14.6. The van der Waals surface area contributed by atoms with Gasteiger partial charge in [-0.15, -0.1) is 11.8 Å². The van der Waals surface area contributed by atoms with Crippen LogP contribution in [0, 0.1) is 37.5 Å². The molecule has 0 aromatic heterocycles. The molecule has 0 radical (unpaired) electrons. The quantitative estimate of drug-likeness (QED) is 0.295. The number of ketones is 1. The summed E-state index contributed by atoms with van der Waals surface area (Å²) in [6.45, 7) is 10.4. The van der Waals surface area contributed by atoms with E-state index in [4.69, 9.17) is 28.9 Å². The second kappa shape index (κ2) is 11.2. The number of Topliss-reactive ketones (excluding diaryl/α,β-unsaturated/α-hetero) is 1. The molecule has 4 nitrogen and oxygen atoms in total. The Morgan fingerprint density at radius 3 is 2.29 bits per heavy atom. The van der Waals surface area contributed by atoms with Crippen LogP contribution in [0.3, 0.4) is 0 Å². The molecule has 0 spiro atoms. The predicted molar refractivity (Wildman–Crippen MR) is 170 cm³/mol. The third-order valence-corrected chi connectivity index (χ3v) is 9.43. The zero-order valence-corrected chi connectivity index (χ0v) is 26.3. The molecule has 1 aliphatic carbocycles. The van der Waals surface area contributed by atoms with Crippen LogP contribution in [0.4, 0.5) is 5.69 Å². The van der Waals surface area contributed by atoms with E-state index in [0.29, 0.717) is 45.5 Å². The van der Waals surface area contributed by atoms with Gasteiger partial charge in [-0.2, -0.15) is 5.26 Å².